The number of ether oxygens (including phenoxy) is 2. The van der Waals surface area contributed by atoms with Crippen molar-refractivity contribution in [3.05, 3.63) is 65.9 Å². The van der Waals surface area contributed by atoms with E-state index in [-0.39, 0.29) is 6.54 Å². The second kappa shape index (κ2) is 10.6. The third-order valence-electron chi connectivity index (χ3n) is 8.42. The lowest BCUT2D eigenvalue weighted by Gasteiger charge is -2.56. The largest absolute Gasteiger partial charge is 0.481 e. The Hall–Kier alpha value is -4.80. The number of anilines is 1. The molecule has 4 aromatic rings. The van der Waals surface area contributed by atoms with E-state index in [0.29, 0.717) is 53.5 Å². The van der Waals surface area contributed by atoms with Crippen molar-refractivity contribution < 1.29 is 19.4 Å². The van der Waals surface area contributed by atoms with Gasteiger partial charge in [0.25, 0.3) is 0 Å². The molecule has 0 aromatic carbocycles. The number of amides is 1. The van der Waals surface area contributed by atoms with E-state index in [1.165, 1.54) is 16.7 Å². The van der Waals surface area contributed by atoms with E-state index in [1.807, 2.05) is 18.3 Å². The Labute approximate surface area is 241 Å². The van der Waals surface area contributed by atoms with Crippen LogP contribution in [0.2, 0.25) is 0 Å². The van der Waals surface area contributed by atoms with Gasteiger partial charge in [0.2, 0.25) is 5.88 Å². The highest BCUT2D eigenvalue weighted by molar-refractivity contribution is 5.83. The fourth-order valence-corrected chi connectivity index (χ4v) is 6.21. The van der Waals surface area contributed by atoms with Crippen molar-refractivity contribution in [1.82, 2.24) is 34.4 Å². The molecule has 2 bridgehead atoms. The van der Waals surface area contributed by atoms with Crippen LogP contribution in [-0.4, -0.2) is 97.5 Å². The number of methoxy groups -OCH3 is 1. The second-order valence-electron chi connectivity index (χ2n) is 10.8. The zero-order chi connectivity index (χ0) is 28.8. The van der Waals surface area contributed by atoms with Crippen molar-refractivity contribution in [2.45, 2.75) is 31.2 Å². The molecule has 4 aromatic heterocycles. The minimum atomic E-state index is -0.979. The number of aromatic nitrogens is 5. The summed E-state index contributed by atoms with van der Waals surface area (Å²) in [5, 5.41) is 23.6. The van der Waals surface area contributed by atoms with Crippen LogP contribution < -0.4 is 9.64 Å². The van der Waals surface area contributed by atoms with E-state index in [4.69, 9.17) is 19.4 Å². The van der Waals surface area contributed by atoms with Gasteiger partial charge in [-0.3, -0.25) is 9.88 Å². The molecule has 4 aliphatic heterocycles. The summed E-state index contributed by atoms with van der Waals surface area (Å²) in [4.78, 5) is 31.6. The molecule has 1 unspecified atom stereocenters. The summed E-state index contributed by atoms with van der Waals surface area (Å²) in [6.07, 6.45) is 8.42. The Balaban J connectivity index is 1.11. The number of piperidine rings is 1. The predicted octanol–water partition coefficient (Wildman–Crippen LogP) is 2.58. The third-order valence-corrected chi connectivity index (χ3v) is 8.42. The van der Waals surface area contributed by atoms with Crippen LogP contribution in [0.5, 0.6) is 5.88 Å². The number of piperazine rings is 1. The first-order chi connectivity index (χ1) is 20.5. The molecule has 3 atom stereocenters. The van der Waals surface area contributed by atoms with Gasteiger partial charge < -0.3 is 24.4 Å². The molecule has 0 saturated carbocycles. The lowest BCUT2D eigenvalue weighted by atomic mass is 9.87. The van der Waals surface area contributed by atoms with Crippen molar-refractivity contribution in [3.63, 3.8) is 0 Å². The average molecular weight is 568 g/mol. The number of hydrogen-bond acceptors (Lipinski definition) is 10. The number of hydrogen-bond donors (Lipinski definition) is 1. The summed E-state index contributed by atoms with van der Waals surface area (Å²) in [6.45, 7) is 3.43. The van der Waals surface area contributed by atoms with Crippen molar-refractivity contribution in [2.75, 3.05) is 44.8 Å². The van der Waals surface area contributed by atoms with Gasteiger partial charge in [-0.2, -0.15) is 10.4 Å². The van der Waals surface area contributed by atoms with Crippen LogP contribution in [0.25, 0.3) is 16.8 Å². The zero-order valence-electron chi connectivity index (χ0n) is 23.0. The molecule has 4 fully saturated rings. The van der Waals surface area contributed by atoms with Crippen LogP contribution in [0.15, 0.2) is 49.2 Å². The SMILES string of the molecule is COc1ccc(CN2[C@@H]3C[C@H]2CN(c2cnc(-c4cc(C5CN(C(=O)O)CCO5)cn5ncc(C#N)c45)cn2)C3)cn1. The maximum Gasteiger partial charge on any atom is 0.407 e. The van der Waals surface area contributed by atoms with Crippen LogP contribution >= 0.6 is 0 Å². The summed E-state index contributed by atoms with van der Waals surface area (Å²) in [5.74, 6) is 1.43. The van der Waals surface area contributed by atoms with Crippen molar-refractivity contribution in [1.29, 1.82) is 5.26 Å². The van der Waals surface area contributed by atoms with Gasteiger partial charge in [0, 0.05) is 67.8 Å². The van der Waals surface area contributed by atoms with E-state index < -0.39 is 12.2 Å². The van der Waals surface area contributed by atoms with Crippen LogP contribution in [0.3, 0.4) is 0 Å². The van der Waals surface area contributed by atoms with E-state index >= 15 is 0 Å². The van der Waals surface area contributed by atoms with Crippen molar-refractivity contribution >= 4 is 17.4 Å². The van der Waals surface area contributed by atoms with Gasteiger partial charge in [-0.05, 0) is 18.1 Å². The number of nitrogens with zero attached hydrogens (tertiary/aromatic N) is 9. The predicted molar refractivity (Wildman–Crippen MR) is 150 cm³/mol. The summed E-state index contributed by atoms with van der Waals surface area (Å²) in [7, 11) is 1.62. The molecule has 214 valence electrons. The van der Waals surface area contributed by atoms with E-state index in [9.17, 15) is 15.2 Å². The highest BCUT2D eigenvalue weighted by Gasteiger charge is 2.44. The number of fused-ring (bicyclic) bond motifs is 3. The topological polar surface area (TPSA) is 145 Å². The average Bonchev–Trinajstić information content (AvgIpc) is 3.47. The molecule has 0 aliphatic carbocycles. The minimum absolute atomic E-state index is 0.209. The summed E-state index contributed by atoms with van der Waals surface area (Å²) < 4.78 is 12.7. The Morgan fingerprint density at radius 3 is 2.69 bits per heavy atom. The lowest BCUT2D eigenvalue weighted by molar-refractivity contribution is -0.0233. The lowest BCUT2D eigenvalue weighted by Crippen LogP contribution is -2.68. The summed E-state index contributed by atoms with van der Waals surface area (Å²) in [5.41, 5.74) is 4.26. The van der Waals surface area contributed by atoms with Gasteiger partial charge in [-0.15, -0.1) is 0 Å². The van der Waals surface area contributed by atoms with Crippen LogP contribution in [0.4, 0.5) is 10.6 Å². The molecule has 8 rings (SSSR count). The molecule has 8 heterocycles. The first kappa shape index (κ1) is 26.1. The number of carboxylic acid groups (broad SMARTS) is 1. The Kier molecular flexibility index (Phi) is 6.56. The van der Waals surface area contributed by atoms with Gasteiger partial charge in [0.1, 0.15) is 18.0 Å². The molecule has 0 spiro atoms. The standard InChI is InChI=1S/C29H29N9O4/c1-41-27-3-2-18(9-33-27)13-37-21-7-22(37)16-36(15-21)26-12-31-24(11-32-26)23-6-19(14-38-28(23)20(8-30)10-34-38)25-17-35(29(39)40)4-5-42-25/h2-3,6,9-12,14,21-22,25H,4-5,7,13,15-17H2,1H3,(H,39,40)/t21-,22+,25?. The molecule has 1 amide bonds. The molecule has 0 radical (unpaired) electrons. The van der Waals surface area contributed by atoms with E-state index in [2.05, 4.69) is 32.0 Å². The maximum absolute atomic E-state index is 11.6. The number of carbonyl (C=O) groups is 1. The Morgan fingerprint density at radius 1 is 1.14 bits per heavy atom. The maximum atomic E-state index is 11.6. The van der Waals surface area contributed by atoms with Crippen molar-refractivity contribution in [2.24, 2.45) is 0 Å². The van der Waals surface area contributed by atoms with Crippen LogP contribution in [-0.2, 0) is 11.3 Å². The van der Waals surface area contributed by atoms with Crippen LogP contribution in [0.1, 0.15) is 29.2 Å². The van der Waals surface area contributed by atoms with Gasteiger partial charge >= 0.3 is 6.09 Å². The normalized spacial score (nSPS) is 22.0. The fourth-order valence-electron chi connectivity index (χ4n) is 6.21. The molecule has 13 nitrogen and oxygen atoms in total. The minimum Gasteiger partial charge on any atom is -0.481 e. The molecular weight excluding hydrogens is 538 g/mol. The van der Waals surface area contributed by atoms with Crippen LogP contribution in [0, 0.1) is 11.3 Å². The molecule has 42 heavy (non-hydrogen) atoms. The number of rotatable bonds is 6. The van der Waals surface area contributed by atoms with Gasteiger partial charge in [-0.25, -0.2) is 19.3 Å². The zero-order valence-corrected chi connectivity index (χ0v) is 23.0. The summed E-state index contributed by atoms with van der Waals surface area (Å²) in [6, 6.07) is 8.95. The summed E-state index contributed by atoms with van der Waals surface area (Å²) >= 11 is 0. The quantitative estimate of drug-likeness (QED) is 0.367. The van der Waals surface area contributed by atoms with Gasteiger partial charge in [-0.1, -0.05) is 6.07 Å². The molecule has 1 N–H and O–H groups in total. The van der Waals surface area contributed by atoms with Crippen molar-refractivity contribution in [3.8, 4) is 23.2 Å². The highest BCUT2D eigenvalue weighted by Crippen LogP contribution is 2.36. The second-order valence-corrected chi connectivity index (χ2v) is 10.8. The molecule has 13 heteroatoms. The molecule has 4 saturated heterocycles. The highest BCUT2D eigenvalue weighted by atomic mass is 16.5. The first-order valence-corrected chi connectivity index (χ1v) is 13.8. The molecule has 4 aliphatic rings. The van der Waals surface area contributed by atoms with Gasteiger partial charge in [0.15, 0.2) is 0 Å². The fraction of sp³-hybridized carbons (Fsp3) is 0.379. The number of pyridine rings is 2. The first-order valence-electron chi connectivity index (χ1n) is 13.8. The molecular formula is C29H29N9O4. The van der Waals surface area contributed by atoms with Gasteiger partial charge in [0.05, 0.1) is 55.6 Å². The third kappa shape index (κ3) is 4.64. The Morgan fingerprint density at radius 2 is 2.00 bits per heavy atom. The smallest absolute Gasteiger partial charge is 0.407 e. The van der Waals surface area contributed by atoms with E-state index in [0.717, 1.165) is 37.4 Å². The monoisotopic (exact) mass is 567 g/mol. The van der Waals surface area contributed by atoms with E-state index in [1.54, 1.807) is 30.2 Å². The number of nitriles is 1. The number of morpholine rings is 1. The Bertz CT molecular complexity index is 1660.